The third-order valence-electron chi connectivity index (χ3n) is 5.23. The molecule has 28 heavy (non-hydrogen) atoms. The first-order valence-electron chi connectivity index (χ1n) is 10.1. The van der Waals surface area contributed by atoms with Crippen LogP contribution in [0.25, 0.3) is 17.1 Å². The Bertz CT molecular complexity index is 972. The molecule has 0 saturated heterocycles. The number of fused-ring (bicyclic) bond motifs is 1. The van der Waals surface area contributed by atoms with Crippen LogP contribution in [0.1, 0.15) is 58.3 Å². The number of hydrogen-bond acceptors (Lipinski definition) is 3. The van der Waals surface area contributed by atoms with Crippen molar-refractivity contribution < 1.29 is 5.11 Å². The van der Waals surface area contributed by atoms with Gasteiger partial charge in [0.25, 0.3) is 0 Å². The van der Waals surface area contributed by atoms with Gasteiger partial charge in [-0.15, -0.1) is 0 Å². The molecule has 1 unspecified atom stereocenters. The Balaban J connectivity index is 2.00. The monoisotopic (exact) mass is 377 g/mol. The van der Waals surface area contributed by atoms with Gasteiger partial charge in [-0.05, 0) is 66.5 Å². The molecule has 4 nitrogen and oxygen atoms in total. The third kappa shape index (κ3) is 4.54. The molecule has 0 saturated carbocycles. The van der Waals surface area contributed by atoms with Gasteiger partial charge in [0, 0.05) is 6.54 Å². The SMILES string of the molecule is Cc1ccc2nc(/C=C/C3=CC(O)(CC#N)CC(C)(C)C3)n(CC(C)C)c2c1. The maximum absolute atomic E-state index is 10.8. The van der Waals surface area contributed by atoms with Crippen molar-refractivity contribution in [3.05, 3.63) is 47.3 Å². The lowest BCUT2D eigenvalue weighted by Crippen LogP contribution is -2.36. The van der Waals surface area contributed by atoms with Crippen LogP contribution in [0.5, 0.6) is 0 Å². The Hall–Kier alpha value is -2.38. The van der Waals surface area contributed by atoms with Crippen molar-refractivity contribution in [2.75, 3.05) is 0 Å². The van der Waals surface area contributed by atoms with Gasteiger partial charge in [-0.3, -0.25) is 0 Å². The van der Waals surface area contributed by atoms with Crippen LogP contribution >= 0.6 is 0 Å². The van der Waals surface area contributed by atoms with Crippen LogP contribution in [0, 0.1) is 29.6 Å². The number of nitrogens with zero attached hydrogens (tertiary/aromatic N) is 3. The number of hydrogen-bond donors (Lipinski definition) is 1. The summed E-state index contributed by atoms with van der Waals surface area (Å²) in [6, 6.07) is 8.49. The summed E-state index contributed by atoms with van der Waals surface area (Å²) in [6.07, 6.45) is 7.60. The molecular weight excluding hydrogens is 346 g/mol. The van der Waals surface area contributed by atoms with E-state index in [1.807, 2.05) is 6.08 Å². The fraction of sp³-hybridized carbons (Fsp3) is 0.500. The van der Waals surface area contributed by atoms with E-state index in [1.54, 1.807) is 0 Å². The van der Waals surface area contributed by atoms with E-state index < -0.39 is 5.60 Å². The lowest BCUT2D eigenvalue weighted by atomic mass is 9.70. The van der Waals surface area contributed by atoms with Gasteiger partial charge in [0.15, 0.2) is 0 Å². The van der Waals surface area contributed by atoms with Crippen LogP contribution in [0.3, 0.4) is 0 Å². The summed E-state index contributed by atoms with van der Waals surface area (Å²) >= 11 is 0. The van der Waals surface area contributed by atoms with E-state index in [2.05, 4.69) is 75.6 Å². The molecule has 1 heterocycles. The fourth-order valence-corrected chi connectivity index (χ4v) is 4.37. The molecule has 3 rings (SSSR count). The van der Waals surface area contributed by atoms with Crippen molar-refractivity contribution in [1.29, 1.82) is 5.26 Å². The number of benzene rings is 1. The summed E-state index contributed by atoms with van der Waals surface area (Å²) in [5.74, 6) is 1.45. The van der Waals surface area contributed by atoms with Gasteiger partial charge in [-0.25, -0.2) is 4.98 Å². The van der Waals surface area contributed by atoms with Crippen LogP contribution < -0.4 is 0 Å². The minimum Gasteiger partial charge on any atom is -0.385 e. The highest BCUT2D eigenvalue weighted by Gasteiger charge is 2.37. The smallest absolute Gasteiger partial charge is 0.133 e. The molecule has 0 amide bonds. The molecule has 0 bridgehead atoms. The summed E-state index contributed by atoms with van der Waals surface area (Å²) in [7, 11) is 0. The number of imidazole rings is 1. The summed E-state index contributed by atoms with van der Waals surface area (Å²) in [4.78, 5) is 4.83. The number of nitriles is 1. The first-order chi connectivity index (χ1) is 13.1. The molecule has 1 N–H and O–H groups in total. The minimum absolute atomic E-state index is 0.0464. The van der Waals surface area contributed by atoms with E-state index in [1.165, 1.54) is 5.56 Å². The van der Waals surface area contributed by atoms with E-state index in [0.717, 1.165) is 35.4 Å². The molecule has 0 radical (unpaired) electrons. The average molecular weight is 378 g/mol. The minimum atomic E-state index is -1.05. The van der Waals surface area contributed by atoms with E-state index in [4.69, 9.17) is 10.2 Å². The molecule has 1 aromatic carbocycles. The number of aliphatic hydroxyl groups is 1. The Kier molecular flexibility index (Phi) is 5.50. The fourth-order valence-electron chi connectivity index (χ4n) is 4.37. The molecule has 1 aromatic heterocycles. The Labute approximate surface area is 168 Å². The zero-order valence-corrected chi connectivity index (χ0v) is 17.7. The van der Waals surface area contributed by atoms with Crippen molar-refractivity contribution in [1.82, 2.24) is 9.55 Å². The first kappa shape index (κ1) is 20.4. The third-order valence-corrected chi connectivity index (χ3v) is 5.23. The normalized spacial score (nSPS) is 22.0. The van der Waals surface area contributed by atoms with Gasteiger partial charge in [0.05, 0.1) is 29.1 Å². The van der Waals surface area contributed by atoms with Crippen molar-refractivity contribution in [2.24, 2.45) is 11.3 Å². The van der Waals surface area contributed by atoms with Crippen LogP contribution in [0.15, 0.2) is 35.9 Å². The van der Waals surface area contributed by atoms with Gasteiger partial charge in [-0.1, -0.05) is 39.8 Å². The zero-order valence-electron chi connectivity index (χ0n) is 17.7. The predicted molar refractivity (Wildman–Crippen MR) is 115 cm³/mol. The Morgan fingerprint density at radius 2 is 2.07 bits per heavy atom. The van der Waals surface area contributed by atoms with Crippen molar-refractivity contribution in [2.45, 2.75) is 66.0 Å². The zero-order chi connectivity index (χ0) is 20.5. The maximum Gasteiger partial charge on any atom is 0.133 e. The lowest BCUT2D eigenvalue weighted by Gasteiger charge is -2.38. The first-order valence-corrected chi connectivity index (χ1v) is 10.1. The molecule has 2 aromatic rings. The predicted octanol–water partition coefficient (Wildman–Crippen LogP) is 5.41. The van der Waals surface area contributed by atoms with Crippen molar-refractivity contribution in [3.8, 4) is 6.07 Å². The molecule has 0 spiro atoms. The second-order valence-corrected chi connectivity index (χ2v) is 9.48. The number of aromatic nitrogens is 2. The lowest BCUT2D eigenvalue weighted by molar-refractivity contribution is 0.0360. The summed E-state index contributed by atoms with van der Waals surface area (Å²) < 4.78 is 2.28. The van der Waals surface area contributed by atoms with Gasteiger partial charge in [-0.2, -0.15) is 5.26 Å². The van der Waals surface area contributed by atoms with Gasteiger partial charge in [0.2, 0.25) is 0 Å². The molecule has 0 fully saturated rings. The number of rotatable bonds is 5. The standard InChI is InChI=1S/C24H31N3O/c1-17(2)15-27-21-12-18(3)6-8-20(21)26-22(27)9-7-19-13-23(4,5)16-24(28,14-19)10-11-25/h6-9,12,14,17,28H,10,13,15-16H2,1-5H3/b9-7+. The highest BCUT2D eigenvalue weighted by Crippen LogP contribution is 2.42. The van der Waals surface area contributed by atoms with Gasteiger partial charge >= 0.3 is 0 Å². The molecule has 0 aliphatic heterocycles. The number of aryl methyl sites for hydroxylation is 1. The van der Waals surface area contributed by atoms with E-state index in [0.29, 0.717) is 12.3 Å². The summed E-state index contributed by atoms with van der Waals surface area (Å²) in [6.45, 7) is 11.7. The highest BCUT2D eigenvalue weighted by atomic mass is 16.3. The Morgan fingerprint density at radius 3 is 2.75 bits per heavy atom. The van der Waals surface area contributed by atoms with E-state index >= 15 is 0 Å². The van der Waals surface area contributed by atoms with E-state index in [-0.39, 0.29) is 11.8 Å². The molecular formula is C24H31N3O. The van der Waals surface area contributed by atoms with Crippen LogP contribution in [-0.2, 0) is 6.54 Å². The maximum atomic E-state index is 10.8. The highest BCUT2D eigenvalue weighted by molar-refractivity contribution is 5.78. The number of allylic oxidation sites excluding steroid dienone is 2. The molecule has 1 aliphatic rings. The summed E-state index contributed by atoms with van der Waals surface area (Å²) in [5, 5.41) is 19.9. The topological polar surface area (TPSA) is 61.8 Å². The van der Waals surface area contributed by atoms with Gasteiger partial charge < -0.3 is 9.67 Å². The Morgan fingerprint density at radius 1 is 1.32 bits per heavy atom. The van der Waals surface area contributed by atoms with Crippen molar-refractivity contribution >= 4 is 17.1 Å². The van der Waals surface area contributed by atoms with Gasteiger partial charge in [0.1, 0.15) is 5.82 Å². The summed E-state index contributed by atoms with van der Waals surface area (Å²) in [5.41, 5.74) is 3.36. The second-order valence-electron chi connectivity index (χ2n) is 9.48. The quantitative estimate of drug-likeness (QED) is 0.758. The van der Waals surface area contributed by atoms with Crippen LogP contribution in [0.2, 0.25) is 0 Å². The average Bonchev–Trinajstić information content (AvgIpc) is 2.88. The molecule has 148 valence electrons. The van der Waals surface area contributed by atoms with Crippen LogP contribution in [-0.4, -0.2) is 20.3 Å². The molecule has 1 aliphatic carbocycles. The van der Waals surface area contributed by atoms with E-state index in [9.17, 15) is 5.11 Å². The van der Waals surface area contributed by atoms with Crippen molar-refractivity contribution in [3.63, 3.8) is 0 Å². The second kappa shape index (κ2) is 7.56. The van der Waals surface area contributed by atoms with Crippen LogP contribution in [0.4, 0.5) is 0 Å². The molecule has 1 atom stereocenters. The molecule has 4 heteroatoms. The largest absolute Gasteiger partial charge is 0.385 e.